The number of carbonyl (C=O) groups is 1. The van der Waals surface area contributed by atoms with Gasteiger partial charge in [-0.15, -0.1) is 0 Å². The Morgan fingerprint density at radius 3 is 2.58 bits per heavy atom. The lowest BCUT2D eigenvalue weighted by Crippen LogP contribution is -2.42. The van der Waals surface area contributed by atoms with Crippen molar-refractivity contribution < 1.29 is 4.79 Å². The summed E-state index contributed by atoms with van der Waals surface area (Å²) in [4.78, 5) is 12.1. The number of hydrogen-bond donors (Lipinski definition) is 2. The van der Waals surface area contributed by atoms with Gasteiger partial charge in [0, 0.05) is 18.5 Å². The van der Waals surface area contributed by atoms with Crippen LogP contribution in [0.4, 0.5) is 0 Å². The summed E-state index contributed by atoms with van der Waals surface area (Å²) in [6.07, 6.45) is 3.44. The Bertz CT molecular complexity index is 400. The number of nitrogens with one attached hydrogen (secondary N) is 2. The van der Waals surface area contributed by atoms with Gasteiger partial charge in [0.15, 0.2) is 0 Å². The third kappa shape index (κ3) is 4.35. The fourth-order valence-electron chi connectivity index (χ4n) is 2.43. The fraction of sp³-hybridized carbons (Fsp3) is 0.562. The first kappa shape index (κ1) is 14.1. The van der Waals surface area contributed by atoms with E-state index in [4.69, 9.17) is 0 Å². The summed E-state index contributed by atoms with van der Waals surface area (Å²) in [5.41, 5.74) is 1.31. The molecule has 1 aliphatic carbocycles. The summed E-state index contributed by atoms with van der Waals surface area (Å²) < 4.78 is 0. The molecule has 0 aliphatic heterocycles. The quantitative estimate of drug-likeness (QED) is 0.787. The molecule has 0 spiro atoms. The molecule has 2 atom stereocenters. The van der Waals surface area contributed by atoms with Crippen LogP contribution in [-0.4, -0.2) is 25.5 Å². The lowest BCUT2D eigenvalue weighted by atomic mass is 10.0. The van der Waals surface area contributed by atoms with E-state index in [0.29, 0.717) is 12.0 Å². The molecule has 1 saturated carbocycles. The van der Waals surface area contributed by atoms with Crippen LogP contribution in [0, 0.1) is 11.8 Å². The van der Waals surface area contributed by atoms with Gasteiger partial charge in [-0.05, 0) is 37.8 Å². The molecule has 104 valence electrons. The van der Waals surface area contributed by atoms with Crippen molar-refractivity contribution in [1.29, 1.82) is 0 Å². The molecule has 3 heteroatoms. The largest absolute Gasteiger partial charge is 0.352 e. The van der Waals surface area contributed by atoms with E-state index in [1.807, 2.05) is 20.0 Å². The van der Waals surface area contributed by atoms with Gasteiger partial charge in [-0.1, -0.05) is 37.3 Å². The zero-order valence-corrected chi connectivity index (χ0v) is 11.9. The van der Waals surface area contributed by atoms with Crippen molar-refractivity contribution in [2.45, 2.75) is 32.2 Å². The zero-order valence-electron chi connectivity index (χ0n) is 11.9. The highest BCUT2D eigenvalue weighted by Crippen LogP contribution is 2.34. The Morgan fingerprint density at radius 2 is 2.00 bits per heavy atom. The minimum Gasteiger partial charge on any atom is -0.352 e. The highest BCUT2D eigenvalue weighted by molar-refractivity contribution is 5.78. The van der Waals surface area contributed by atoms with E-state index in [2.05, 4.69) is 34.9 Å². The fourth-order valence-corrected chi connectivity index (χ4v) is 2.43. The second-order valence-corrected chi connectivity index (χ2v) is 5.60. The molecule has 0 heterocycles. The number of rotatable bonds is 7. The van der Waals surface area contributed by atoms with Crippen LogP contribution in [0.2, 0.25) is 0 Å². The monoisotopic (exact) mass is 260 g/mol. The van der Waals surface area contributed by atoms with Crippen molar-refractivity contribution in [1.82, 2.24) is 10.6 Å². The molecule has 0 saturated heterocycles. The average molecular weight is 260 g/mol. The summed E-state index contributed by atoms with van der Waals surface area (Å²) in [5, 5.41) is 6.29. The Hall–Kier alpha value is -1.35. The zero-order chi connectivity index (χ0) is 13.7. The van der Waals surface area contributed by atoms with E-state index in [0.717, 1.165) is 13.0 Å². The standard InChI is InChI=1S/C16H24N2O/c1-12(11-17-2)16(19)18-15(14-8-9-14)10-13-6-4-3-5-7-13/h3-7,12,14-15,17H,8-11H2,1-2H3,(H,18,19). The Labute approximate surface area is 115 Å². The van der Waals surface area contributed by atoms with E-state index < -0.39 is 0 Å². The number of hydrogen-bond acceptors (Lipinski definition) is 2. The minimum atomic E-state index is 0.0297. The van der Waals surface area contributed by atoms with Gasteiger partial charge in [0.1, 0.15) is 0 Å². The molecule has 1 aliphatic rings. The maximum Gasteiger partial charge on any atom is 0.224 e. The first-order chi connectivity index (χ1) is 9.20. The molecular weight excluding hydrogens is 236 g/mol. The molecule has 2 rings (SSSR count). The van der Waals surface area contributed by atoms with Crippen LogP contribution in [0.1, 0.15) is 25.3 Å². The molecule has 0 bridgehead atoms. The molecule has 19 heavy (non-hydrogen) atoms. The van der Waals surface area contributed by atoms with Crippen molar-refractivity contribution in [3.63, 3.8) is 0 Å². The Morgan fingerprint density at radius 1 is 1.32 bits per heavy atom. The SMILES string of the molecule is CNCC(C)C(=O)NC(Cc1ccccc1)C1CC1. The van der Waals surface area contributed by atoms with Gasteiger partial charge in [0.2, 0.25) is 5.91 Å². The number of amides is 1. The van der Waals surface area contributed by atoms with Crippen LogP contribution < -0.4 is 10.6 Å². The molecule has 1 aromatic rings. The molecule has 1 amide bonds. The summed E-state index contributed by atoms with van der Waals surface area (Å²) in [6, 6.07) is 10.7. The second-order valence-electron chi connectivity index (χ2n) is 5.60. The number of carbonyl (C=O) groups excluding carboxylic acids is 1. The number of benzene rings is 1. The average Bonchev–Trinajstić information content (AvgIpc) is 3.23. The van der Waals surface area contributed by atoms with Crippen molar-refractivity contribution in [3.8, 4) is 0 Å². The van der Waals surface area contributed by atoms with E-state index in [-0.39, 0.29) is 11.8 Å². The second kappa shape index (κ2) is 6.71. The maximum atomic E-state index is 12.1. The summed E-state index contributed by atoms with van der Waals surface area (Å²) in [7, 11) is 1.88. The molecule has 1 fully saturated rings. The molecule has 2 unspecified atom stereocenters. The Kier molecular flexibility index (Phi) is 4.97. The lowest BCUT2D eigenvalue weighted by Gasteiger charge is -2.21. The summed E-state index contributed by atoms with van der Waals surface area (Å²) in [6.45, 7) is 2.70. The van der Waals surface area contributed by atoms with Crippen LogP contribution in [0.3, 0.4) is 0 Å². The highest BCUT2D eigenvalue weighted by Gasteiger charge is 2.32. The predicted molar refractivity (Wildman–Crippen MR) is 77.9 cm³/mol. The van der Waals surface area contributed by atoms with Crippen LogP contribution in [0.25, 0.3) is 0 Å². The smallest absolute Gasteiger partial charge is 0.224 e. The van der Waals surface area contributed by atoms with E-state index in [9.17, 15) is 4.79 Å². The molecule has 2 N–H and O–H groups in total. The van der Waals surface area contributed by atoms with Crippen molar-refractivity contribution in [3.05, 3.63) is 35.9 Å². The van der Waals surface area contributed by atoms with E-state index in [1.54, 1.807) is 0 Å². The van der Waals surface area contributed by atoms with Crippen LogP contribution in [-0.2, 0) is 11.2 Å². The van der Waals surface area contributed by atoms with Crippen molar-refractivity contribution >= 4 is 5.91 Å². The van der Waals surface area contributed by atoms with Crippen molar-refractivity contribution in [2.24, 2.45) is 11.8 Å². The first-order valence-electron chi connectivity index (χ1n) is 7.19. The van der Waals surface area contributed by atoms with E-state index >= 15 is 0 Å². The molecule has 3 nitrogen and oxygen atoms in total. The minimum absolute atomic E-state index is 0.0297. The van der Waals surface area contributed by atoms with E-state index in [1.165, 1.54) is 18.4 Å². The van der Waals surface area contributed by atoms with Gasteiger partial charge in [-0.2, -0.15) is 0 Å². The molecular formula is C16H24N2O. The van der Waals surface area contributed by atoms with Gasteiger partial charge in [0.25, 0.3) is 0 Å². The summed E-state index contributed by atoms with van der Waals surface area (Å²) in [5.74, 6) is 0.871. The third-order valence-corrected chi connectivity index (χ3v) is 3.78. The highest BCUT2D eigenvalue weighted by atomic mass is 16.1. The molecule has 0 radical (unpaired) electrons. The third-order valence-electron chi connectivity index (χ3n) is 3.78. The normalized spacial score (nSPS) is 17.8. The van der Waals surface area contributed by atoms with Gasteiger partial charge < -0.3 is 10.6 Å². The molecule has 1 aromatic carbocycles. The Balaban J connectivity index is 1.91. The topological polar surface area (TPSA) is 41.1 Å². The van der Waals surface area contributed by atoms with Gasteiger partial charge in [-0.25, -0.2) is 0 Å². The van der Waals surface area contributed by atoms with Gasteiger partial charge in [0.05, 0.1) is 0 Å². The summed E-state index contributed by atoms with van der Waals surface area (Å²) >= 11 is 0. The van der Waals surface area contributed by atoms with Crippen LogP contribution in [0.5, 0.6) is 0 Å². The predicted octanol–water partition coefficient (Wildman–Crippen LogP) is 1.98. The maximum absolute atomic E-state index is 12.1. The molecule has 0 aromatic heterocycles. The van der Waals surface area contributed by atoms with Crippen LogP contribution in [0.15, 0.2) is 30.3 Å². The lowest BCUT2D eigenvalue weighted by molar-refractivity contribution is -0.125. The van der Waals surface area contributed by atoms with Crippen molar-refractivity contribution in [2.75, 3.05) is 13.6 Å². The first-order valence-corrected chi connectivity index (χ1v) is 7.19. The van der Waals surface area contributed by atoms with Gasteiger partial charge in [-0.3, -0.25) is 4.79 Å². The van der Waals surface area contributed by atoms with Crippen LogP contribution >= 0.6 is 0 Å². The van der Waals surface area contributed by atoms with Gasteiger partial charge >= 0.3 is 0 Å².